The van der Waals surface area contributed by atoms with Crippen LogP contribution in [0.3, 0.4) is 0 Å². The van der Waals surface area contributed by atoms with Crippen LogP contribution >= 0.6 is 0 Å². The van der Waals surface area contributed by atoms with Crippen molar-refractivity contribution >= 4 is 17.2 Å². The molecule has 28 heavy (non-hydrogen) atoms. The van der Waals surface area contributed by atoms with Gasteiger partial charge in [0.2, 0.25) is 0 Å². The van der Waals surface area contributed by atoms with Gasteiger partial charge in [0, 0.05) is 50.1 Å². The molecule has 1 N–H and O–H groups in total. The fourth-order valence-electron chi connectivity index (χ4n) is 3.32. The number of H-pyrrole nitrogens is 1. The Hall–Kier alpha value is -3.16. The molecule has 8 nitrogen and oxygen atoms in total. The number of anilines is 1. The molecule has 0 atom stereocenters. The van der Waals surface area contributed by atoms with Gasteiger partial charge in [-0.3, -0.25) is 9.59 Å². The van der Waals surface area contributed by atoms with Crippen molar-refractivity contribution in [3.63, 3.8) is 0 Å². The summed E-state index contributed by atoms with van der Waals surface area (Å²) >= 11 is 0. The lowest BCUT2D eigenvalue weighted by molar-refractivity contribution is 0.0739. The highest BCUT2D eigenvalue weighted by Gasteiger charge is 2.24. The summed E-state index contributed by atoms with van der Waals surface area (Å²) in [6.07, 6.45) is 4.18. The van der Waals surface area contributed by atoms with Gasteiger partial charge < -0.3 is 14.2 Å². The number of carbonyl (C=O) groups excluding carboxylic acids is 1. The van der Waals surface area contributed by atoms with Crippen molar-refractivity contribution in [1.82, 2.24) is 24.5 Å². The average molecular weight is 380 g/mol. The van der Waals surface area contributed by atoms with Crippen LogP contribution in [0.5, 0.6) is 0 Å². The zero-order chi connectivity index (χ0) is 19.9. The normalized spacial score (nSPS) is 15.2. The second-order valence-corrected chi connectivity index (χ2v) is 8.11. The molecule has 0 radical (unpaired) electrons. The van der Waals surface area contributed by atoms with Gasteiger partial charge in [0.05, 0.1) is 11.4 Å². The molecule has 4 heterocycles. The van der Waals surface area contributed by atoms with E-state index in [2.05, 4.69) is 58.7 Å². The van der Waals surface area contributed by atoms with Crippen molar-refractivity contribution in [3.05, 3.63) is 58.4 Å². The minimum absolute atomic E-state index is 0.00786. The Balaban J connectivity index is 1.46. The number of fused-ring (bicyclic) bond motifs is 1. The van der Waals surface area contributed by atoms with Crippen LogP contribution in [-0.2, 0) is 5.41 Å². The van der Waals surface area contributed by atoms with Crippen molar-refractivity contribution in [2.45, 2.75) is 26.2 Å². The van der Waals surface area contributed by atoms with Crippen LogP contribution in [0.15, 0.2) is 41.5 Å². The lowest BCUT2D eigenvalue weighted by Crippen LogP contribution is -2.49. The first kappa shape index (κ1) is 18.2. The molecule has 1 aliphatic heterocycles. The molecule has 0 unspecified atom stereocenters. The van der Waals surface area contributed by atoms with E-state index in [4.69, 9.17) is 4.98 Å². The highest BCUT2D eigenvalue weighted by molar-refractivity contribution is 5.92. The van der Waals surface area contributed by atoms with Crippen LogP contribution in [0.2, 0.25) is 0 Å². The van der Waals surface area contributed by atoms with Gasteiger partial charge in [0.1, 0.15) is 11.3 Å². The SMILES string of the molecule is CC(C)(C)c1cn2cc(N3CCN(C(=O)c4ccc(=O)[nH]n4)CC3)ccc2n1. The van der Waals surface area contributed by atoms with E-state index >= 15 is 0 Å². The molecule has 1 aliphatic rings. The molecule has 4 rings (SSSR count). The van der Waals surface area contributed by atoms with Gasteiger partial charge in [-0.05, 0) is 18.2 Å². The minimum atomic E-state index is -0.314. The fourth-order valence-corrected chi connectivity index (χ4v) is 3.32. The molecule has 3 aromatic heterocycles. The van der Waals surface area contributed by atoms with Crippen LogP contribution in [0.4, 0.5) is 5.69 Å². The summed E-state index contributed by atoms with van der Waals surface area (Å²) in [5.74, 6) is -0.157. The van der Waals surface area contributed by atoms with Gasteiger partial charge in [-0.1, -0.05) is 20.8 Å². The van der Waals surface area contributed by atoms with E-state index in [9.17, 15) is 9.59 Å². The predicted octanol–water partition coefficient (Wildman–Crippen LogP) is 1.68. The van der Waals surface area contributed by atoms with Crippen molar-refractivity contribution in [1.29, 1.82) is 0 Å². The lowest BCUT2D eigenvalue weighted by atomic mass is 9.93. The summed E-state index contributed by atoms with van der Waals surface area (Å²) in [5, 5.41) is 6.15. The summed E-state index contributed by atoms with van der Waals surface area (Å²) in [6.45, 7) is 9.15. The number of rotatable bonds is 2. The van der Waals surface area contributed by atoms with Gasteiger partial charge in [0.25, 0.3) is 11.5 Å². The highest BCUT2D eigenvalue weighted by atomic mass is 16.2. The number of aromatic nitrogens is 4. The maximum Gasteiger partial charge on any atom is 0.274 e. The van der Waals surface area contributed by atoms with Crippen LogP contribution in [0.1, 0.15) is 37.0 Å². The maximum absolute atomic E-state index is 12.5. The molecule has 3 aromatic rings. The summed E-state index contributed by atoms with van der Waals surface area (Å²) < 4.78 is 2.07. The molecule has 1 amide bonds. The Morgan fingerprint density at radius 2 is 1.79 bits per heavy atom. The van der Waals surface area contributed by atoms with E-state index in [1.807, 2.05) is 6.07 Å². The van der Waals surface area contributed by atoms with Gasteiger partial charge >= 0.3 is 0 Å². The Kier molecular flexibility index (Phi) is 4.41. The van der Waals surface area contributed by atoms with E-state index in [1.54, 1.807) is 4.90 Å². The summed E-state index contributed by atoms with van der Waals surface area (Å²) in [7, 11) is 0. The van der Waals surface area contributed by atoms with E-state index in [0.29, 0.717) is 13.1 Å². The summed E-state index contributed by atoms with van der Waals surface area (Å²) in [5.41, 5.74) is 3.07. The standard InChI is InChI=1S/C20H24N6O2/c1-20(2,3)16-13-26-12-14(4-6-17(26)21-16)24-8-10-25(11-9-24)19(28)15-5-7-18(27)23-22-15/h4-7,12-13H,8-11H2,1-3H3,(H,23,27). The number of hydrogen-bond acceptors (Lipinski definition) is 5. The van der Waals surface area contributed by atoms with Crippen LogP contribution in [-0.4, -0.2) is 56.6 Å². The van der Waals surface area contributed by atoms with Crippen LogP contribution in [0, 0.1) is 0 Å². The number of pyridine rings is 1. The van der Waals surface area contributed by atoms with Crippen molar-refractivity contribution in [2.24, 2.45) is 0 Å². The molecule has 0 saturated carbocycles. The Morgan fingerprint density at radius 1 is 1.04 bits per heavy atom. The number of imidazole rings is 1. The smallest absolute Gasteiger partial charge is 0.274 e. The minimum Gasteiger partial charge on any atom is -0.367 e. The highest BCUT2D eigenvalue weighted by Crippen LogP contribution is 2.24. The lowest BCUT2D eigenvalue weighted by Gasteiger charge is -2.35. The summed E-state index contributed by atoms with van der Waals surface area (Å²) in [4.78, 5) is 32.4. The zero-order valence-electron chi connectivity index (χ0n) is 16.3. The van der Waals surface area contributed by atoms with Crippen LogP contribution < -0.4 is 10.5 Å². The van der Waals surface area contributed by atoms with E-state index in [0.717, 1.165) is 30.1 Å². The summed E-state index contributed by atoms with van der Waals surface area (Å²) in [6, 6.07) is 6.90. The molecule has 1 saturated heterocycles. The Bertz CT molecular complexity index is 1050. The molecule has 0 bridgehead atoms. The van der Waals surface area contributed by atoms with Crippen molar-refractivity contribution in [3.8, 4) is 0 Å². The molecule has 146 valence electrons. The van der Waals surface area contributed by atoms with Crippen LogP contribution in [0.25, 0.3) is 5.65 Å². The Labute approximate surface area is 162 Å². The third-order valence-electron chi connectivity index (χ3n) is 5.03. The fraction of sp³-hybridized carbons (Fsp3) is 0.400. The third-order valence-corrected chi connectivity index (χ3v) is 5.03. The molecule has 8 heteroatoms. The number of hydrogen-bond donors (Lipinski definition) is 1. The molecule has 0 aromatic carbocycles. The number of amides is 1. The van der Waals surface area contributed by atoms with E-state index < -0.39 is 0 Å². The number of aromatic amines is 1. The first-order valence-electron chi connectivity index (χ1n) is 9.40. The predicted molar refractivity (Wildman–Crippen MR) is 107 cm³/mol. The second kappa shape index (κ2) is 6.78. The van der Waals surface area contributed by atoms with Gasteiger partial charge in [-0.25, -0.2) is 10.1 Å². The monoisotopic (exact) mass is 380 g/mol. The number of carbonyl (C=O) groups is 1. The number of piperazine rings is 1. The van der Waals surface area contributed by atoms with E-state index in [1.165, 1.54) is 12.1 Å². The Morgan fingerprint density at radius 3 is 2.43 bits per heavy atom. The molecular formula is C20H24N6O2. The zero-order valence-corrected chi connectivity index (χ0v) is 16.3. The maximum atomic E-state index is 12.5. The molecular weight excluding hydrogens is 356 g/mol. The first-order valence-corrected chi connectivity index (χ1v) is 9.40. The third kappa shape index (κ3) is 3.49. The molecule has 1 fully saturated rings. The number of nitrogens with one attached hydrogen (secondary N) is 1. The van der Waals surface area contributed by atoms with E-state index in [-0.39, 0.29) is 22.6 Å². The number of nitrogens with zero attached hydrogens (tertiary/aromatic N) is 5. The van der Waals surface area contributed by atoms with Gasteiger partial charge in [-0.2, -0.15) is 5.10 Å². The molecule has 0 spiro atoms. The van der Waals surface area contributed by atoms with Crippen molar-refractivity contribution in [2.75, 3.05) is 31.1 Å². The average Bonchev–Trinajstić information content (AvgIpc) is 3.12. The van der Waals surface area contributed by atoms with Gasteiger partial charge in [0.15, 0.2) is 0 Å². The quantitative estimate of drug-likeness (QED) is 0.731. The second-order valence-electron chi connectivity index (χ2n) is 8.11. The molecule has 0 aliphatic carbocycles. The largest absolute Gasteiger partial charge is 0.367 e. The van der Waals surface area contributed by atoms with Gasteiger partial charge in [-0.15, -0.1) is 0 Å². The van der Waals surface area contributed by atoms with Crippen molar-refractivity contribution < 1.29 is 4.79 Å². The first-order chi connectivity index (χ1) is 13.3. The topological polar surface area (TPSA) is 86.6 Å².